The standard InChI is InChI=1S/C16H15BO3S/c1-11(18)14-9-5-6-12-10-15(17(19)20-16(12)14)21-13-7-3-2-4-8-13/h2-9,15,18-19H,1,10H2/t15-/m0/s1. The lowest BCUT2D eigenvalue weighted by atomic mass is 9.77. The highest BCUT2D eigenvalue weighted by molar-refractivity contribution is 8.01. The number of fused-ring (bicyclic) bond motifs is 1. The lowest BCUT2D eigenvalue weighted by Gasteiger charge is -2.28. The van der Waals surface area contributed by atoms with Gasteiger partial charge in [0.1, 0.15) is 11.5 Å². The summed E-state index contributed by atoms with van der Waals surface area (Å²) in [6.07, 6.45) is 0.678. The van der Waals surface area contributed by atoms with Gasteiger partial charge in [0.25, 0.3) is 0 Å². The number of thioether (sulfide) groups is 1. The van der Waals surface area contributed by atoms with Gasteiger partial charge in [-0.15, -0.1) is 11.8 Å². The van der Waals surface area contributed by atoms with Crippen LogP contribution in [0, 0.1) is 0 Å². The Bertz CT molecular complexity index is 660. The molecule has 0 aliphatic carbocycles. The molecule has 2 aromatic rings. The van der Waals surface area contributed by atoms with Crippen molar-refractivity contribution >= 4 is 24.6 Å². The highest BCUT2D eigenvalue weighted by atomic mass is 32.2. The van der Waals surface area contributed by atoms with E-state index in [1.165, 1.54) is 0 Å². The van der Waals surface area contributed by atoms with Crippen LogP contribution in [-0.4, -0.2) is 22.4 Å². The van der Waals surface area contributed by atoms with Crippen molar-refractivity contribution in [1.29, 1.82) is 0 Å². The molecular weight excluding hydrogens is 283 g/mol. The van der Waals surface area contributed by atoms with Gasteiger partial charge in [-0.3, -0.25) is 0 Å². The Hall–Kier alpha value is -1.85. The molecule has 3 nitrogen and oxygen atoms in total. The van der Waals surface area contributed by atoms with Crippen LogP contribution in [0.1, 0.15) is 11.1 Å². The first-order valence-corrected chi connectivity index (χ1v) is 7.59. The van der Waals surface area contributed by atoms with Crippen molar-refractivity contribution < 1.29 is 14.8 Å². The average molecular weight is 298 g/mol. The van der Waals surface area contributed by atoms with Gasteiger partial charge in [-0.1, -0.05) is 36.9 Å². The van der Waals surface area contributed by atoms with E-state index in [0.717, 1.165) is 10.5 Å². The lowest BCUT2D eigenvalue weighted by Crippen LogP contribution is -2.40. The quantitative estimate of drug-likeness (QED) is 0.674. The van der Waals surface area contributed by atoms with Crippen LogP contribution >= 0.6 is 11.8 Å². The van der Waals surface area contributed by atoms with E-state index < -0.39 is 7.12 Å². The molecule has 106 valence electrons. The average Bonchev–Trinajstić information content (AvgIpc) is 2.48. The third-order valence-electron chi connectivity index (χ3n) is 3.42. The molecule has 0 amide bonds. The van der Waals surface area contributed by atoms with Crippen LogP contribution in [0.25, 0.3) is 5.76 Å². The third-order valence-corrected chi connectivity index (χ3v) is 4.66. The molecule has 0 aromatic heterocycles. The maximum Gasteiger partial charge on any atom is 0.537 e. The van der Waals surface area contributed by atoms with Gasteiger partial charge in [-0.25, -0.2) is 0 Å². The summed E-state index contributed by atoms with van der Waals surface area (Å²) in [6.45, 7) is 3.53. The van der Waals surface area contributed by atoms with Crippen molar-refractivity contribution in [2.24, 2.45) is 0 Å². The van der Waals surface area contributed by atoms with Crippen molar-refractivity contribution in [1.82, 2.24) is 0 Å². The van der Waals surface area contributed by atoms with Crippen LogP contribution in [0.4, 0.5) is 0 Å². The number of para-hydroxylation sites is 1. The number of benzene rings is 2. The van der Waals surface area contributed by atoms with Gasteiger partial charge in [-0.05, 0) is 30.2 Å². The Balaban J connectivity index is 1.86. The van der Waals surface area contributed by atoms with Gasteiger partial charge in [-0.2, -0.15) is 0 Å². The molecule has 1 aliphatic heterocycles. The molecule has 0 saturated carbocycles. The zero-order valence-corrected chi connectivity index (χ0v) is 12.2. The third kappa shape index (κ3) is 2.94. The summed E-state index contributed by atoms with van der Waals surface area (Å²) in [6, 6.07) is 15.5. The number of hydrogen-bond acceptors (Lipinski definition) is 4. The van der Waals surface area contributed by atoms with E-state index >= 15 is 0 Å². The van der Waals surface area contributed by atoms with Crippen LogP contribution in [0.5, 0.6) is 5.75 Å². The van der Waals surface area contributed by atoms with Gasteiger partial charge in [0.2, 0.25) is 0 Å². The predicted molar refractivity (Wildman–Crippen MR) is 86.5 cm³/mol. The second-order valence-electron chi connectivity index (χ2n) is 4.92. The SMILES string of the molecule is C=C(O)c1cccc2c1OB(O)[C@@H](Sc1ccccc1)C2. The topological polar surface area (TPSA) is 49.7 Å². The van der Waals surface area contributed by atoms with Crippen molar-refractivity contribution in [3.63, 3.8) is 0 Å². The summed E-state index contributed by atoms with van der Waals surface area (Å²) < 4.78 is 5.62. The van der Waals surface area contributed by atoms with Crippen molar-refractivity contribution in [3.8, 4) is 5.75 Å². The zero-order valence-electron chi connectivity index (χ0n) is 11.4. The van der Waals surface area contributed by atoms with Gasteiger partial charge < -0.3 is 14.8 Å². The largest absolute Gasteiger partial charge is 0.537 e. The molecule has 2 aromatic carbocycles. The minimum Gasteiger partial charge on any atom is -0.535 e. The molecule has 0 saturated heterocycles. The van der Waals surface area contributed by atoms with Gasteiger partial charge >= 0.3 is 7.12 Å². The summed E-state index contributed by atoms with van der Waals surface area (Å²) in [5.74, 6) is 0.482. The molecule has 0 unspecified atom stereocenters. The Morgan fingerprint density at radius 1 is 1.19 bits per heavy atom. The first-order valence-electron chi connectivity index (χ1n) is 6.71. The van der Waals surface area contributed by atoms with E-state index in [1.54, 1.807) is 17.8 Å². The fourth-order valence-corrected chi connectivity index (χ4v) is 3.50. The fourth-order valence-electron chi connectivity index (χ4n) is 2.40. The molecule has 0 fully saturated rings. The molecule has 5 heteroatoms. The number of aliphatic hydroxyl groups excluding tert-OH is 1. The van der Waals surface area contributed by atoms with Gasteiger partial charge in [0.15, 0.2) is 0 Å². The number of rotatable bonds is 3. The van der Waals surface area contributed by atoms with Crippen LogP contribution in [0.15, 0.2) is 60.0 Å². The molecule has 2 N–H and O–H groups in total. The van der Waals surface area contributed by atoms with E-state index in [9.17, 15) is 10.1 Å². The van der Waals surface area contributed by atoms with E-state index in [-0.39, 0.29) is 10.9 Å². The van der Waals surface area contributed by atoms with Gasteiger partial charge in [0.05, 0.1) is 10.7 Å². The maximum atomic E-state index is 10.2. The van der Waals surface area contributed by atoms with Crippen LogP contribution in [0.3, 0.4) is 0 Å². The smallest absolute Gasteiger partial charge is 0.535 e. The molecule has 1 heterocycles. The predicted octanol–water partition coefficient (Wildman–Crippen LogP) is 3.33. The second-order valence-corrected chi connectivity index (χ2v) is 6.24. The summed E-state index contributed by atoms with van der Waals surface area (Å²) in [5, 5.41) is 19.8. The minimum absolute atomic E-state index is 0.0480. The number of aliphatic hydroxyl groups is 1. The second kappa shape index (κ2) is 5.88. The Kier molecular flexibility index (Phi) is 3.95. The molecular formula is C16H15BO3S. The van der Waals surface area contributed by atoms with E-state index in [1.807, 2.05) is 42.5 Å². The Morgan fingerprint density at radius 3 is 2.67 bits per heavy atom. The summed E-state index contributed by atoms with van der Waals surface area (Å²) in [4.78, 5) is 1.09. The number of hydrogen-bond donors (Lipinski definition) is 2. The molecule has 0 bridgehead atoms. The monoisotopic (exact) mass is 298 g/mol. The lowest BCUT2D eigenvalue weighted by molar-refractivity contribution is 0.392. The first kappa shape index (κ1) is 14.1. The zero-order chi connectivity index (χ0) is 14.8. The highest BCUT2D eigenvalue weighted by Gasteiger charge is 2.36. The summed E-state index contributed by atoms with van der Waals surface area (Å²) in [5.41, 5.74) is 1.51. The maximum absolute atomic E-state index is 10.2. The highest BCUT2D eigenvalue weighted by Crippen LogP contribution is 2.37. The summed E-state index contributed by atoms with van der Waals surface area (Å²) >= 11 is 1.59. The fraction of sp³-hybridized carbons (Fsp3) is 0.125. The summed E-state index contributed by atoms with van der Waals surface area (Å²) in [7, 11) is -0.914. The van der Waals surface area contributed by atoms with Crippen molar-refractivity contribution in [2.75, 3.05) is 0 Å². The normalized spacial score (nSPS) is 17.0. The molecule has 1 atom stereocenters. The molecule has 21 heavy (non-hydrogen) atoms. The molecule has 0 spiro atoms. The molecule has 0 radical (unpaired) electrons. The Labute approximate surface area is 128 Å². The van der Waals surface area contributed by atoms with Crippen LogP contribution in [0.2, 0.25) is 0 Å². The van der Waals surface area contributed by atoms with Crippen molar-refractivity contribution in [3.05, 3.63) is 66.2 Å². The first-order chi connectivity index (χ1) is 10.1. The minimum atomic E-state index is -0.914. The van der Waals surface area contributed by atoms with Gasteiger partial charge in [0, 0.05) is 4.90 Å². The Morgan fingerprint density at radius 2 is 1.95 bits per heavy atom. The van der Waals surface area contributed by atoms with Crippen LogP contribution in [-0.2, 0) is 6.42 Å². The van der Waals surface area contributed by atoms with Crippen molar-refractivity contribution in [2.45, 2.75) is 16.5 Å². The molecule has 3 rings (SSSR count). The van der Waals surface area contributed by atoms with E-state index in [0.29, 0.717) is 17.7 Å². The molecule has 1 aliphatic rings. The van der Waals surface area contributed by atoms with Crippen LogP contribution < -0.4 is 4.65 Å². The van der Waals surface area contributed by atoms with E-state index in [2.05, 4.69) is 6.58 Å². The van der Waals surface area contributed by atoms with E-state index in [4.69, 9.17) is 4.65 Å².